The van der Waals surface area contributed by atoms with Crippen molar-refractivity contribution in [1.29, 1.82) is 0 Å². The van der Waals surface area contributed by atoms with Crippen molar-refractivity contribution in [3.05, 3.63) is 27.7 Å². The molecule has 1 saturated carbocycles. The van der Waals surface area contributed by atoms with Crippen molar-refractivity contribution in [1.82, 2.24) is 4.72 Å². The van der Waals surface area contributed by atoms with Crippen LogP contribution in [0.25, 0.3) is 0 Å². The third-order valence-corrected chi connectivity index (χ3v) is 5.50. The summed E-state index contributed by atoms with van der Waals surface area (Å²) in [5, 5.41) is 8.67. The largest absolute Gasteiger partial charge is 0.478 e. The van der Waals surface area contributed by atoms with Gasteiger partial charge in [0, 0.05) is 11.6 Å². The van der Waals surface area contributed by atoms with E-state index in [2.05, 4.69) is 4.72 Å². The second kappa shape index (κ2) is 5.89. The normalized spacial score (nSPS) is 15.9. The zero-order valence-corrected chi connectivity index (χ0v) is 12.7. The lowest BCUT2D eigenvalue weighted by atomic mass is 9.86. The molecular weight excluding hydrogens is 325 g/mol. The number of benzene rings is 1. The number of halogens is 2. The molecule has 5 nitrogen and oxygen atoms in total. The molecule has 2 rings (SSSR count). The van der Waals surface area contributed by atoms with Gasteiger partial charge in [0.2, 0.25) is 10.0 Å². The molecule has 0 atom stereocenters. The second-order valence-electron chi connectivity index (χ2n) is 4.72. The summed E-state index contributed by atoms with van der Waals surface area (Å²) >= 11 is 11.6. The highest BCUT2D eigenvalue weighted by molar-refractivity contribution is 7.89. The Morgan fingerprint density at radius 2 is 2.00 bits per heavy atom. The fourth-order valence-electron chi connectivity index (χ4n) is 1.92. The van der Waals surface area contributed by atoms with Crippen molar-refractivity contribution in [3.8, 4) is 0 Å². The standard InChI is InChI=1S/C12H13Cl2NO4S/c13-8-4-9(12(16)17)11(14)10(5-8)20(18,19)15-6-7-2-1-3-7/h4-5,7,15H,1-3,6H2,(H,16,17). The molecule has 1 aromatic rings. The Labute approximate surface area is 126 Å². The summed E-state index contributed by atoms with van der Waals surface area (Å²) in [5.41, 5.74) is -0.330. The molecule has 0 amide bonds. The molecule has 0 spiro atoms. The van der Waals surface area contributed by atoms with E-state index < -0.39 is 16.0 Å². The number of aromatic carboxylic acids is 1. The molecule has 20 heavy (non-hydrogen) atoms. The van der Waals surface area contributed by atoms with E-state index in [0.29, 0.717) is 12.5 Å². The zero-order valence-electron chi connectivity index (χ0n) is 10.4. The van der Waals surface area contributed by atoms with Crippen LogP contribution in [-0.4, -0.2) is 26.0 Å². The van der Waals surface area contributed by atoms with Gasteiger partial charge in [0.25, 0.3) is 0 Å². The van der Waals surface area contributed by atoms with E-state index in [-0.39, 0.29) is 20.5 Å². The fourth-order valence-corrected chi connectivity index (χ4v) is 3.93. The van der Waals surface area contributed by atoms with Crippen LogP contribution < -0.4 is 4.72 Å². The Morgan fingerprint density at radius 3 is 2.50 bits per heavy atom. The number of hydrogen-bond acceptors (Lipinski definition) is 3. The quantitative estimate of drug-likeness (QED) is 0.865. The molecule has 0 heterocycles. The zero-order chi connectivity index (χ0) is 14.9. The molecule has 0 aromatic heterocycles. The van der Waals surface area contributed by atoms with Gasteiger partial charge in [-0.2, -0.15) is 0 Å². The summed E-state index contributed by atoms with van der Waals surface area (Å²) in [6.45, 7) is 0.327. The maximum absolute atomic E-state index is 12.2. The number of nitrogens with one attached hydrogen (secondary N) is 1. The van der Waals surface area contributed by atoms with Crippen LogP contribution in [0.1, 0.15) is 29.6 Å². The molecule has 0 saturated heterocycles. The maximum Gasteiger partial charge on any atom is 0.337 e. The molecule has 0 radical (unpaired) electrons. The van der Waals surface area contributed by atoms with Gasteiger partial charge in [0.05, 0.1) is 10.6 Å². The first-order valence-corrected chi connectivity index (χ1v) is 8.27. The van der Waals surface area contributed by atoms with Gasteiger partial charge < -0.3 is 5.11 Å². The van der Waals surface area contributed by atoms with Crippen LogP contribution in [0, 0.1) is 5.92 Å². The third kappa shape index (κ3) is 3.25. The topological polar surface area (TPSA) is 83.5 Å². The lowest BCUT2D eigenvalue weighted by molar-refractivity contribution is 0.0697. The van der Waals surface area contributed by atoms with Crippen molar-refractivity contribution in [2.24, 2.45) is 5.92 Å². The summed E-state index contributed by atoms with van der Waals surface area (Å²) in [6, 6.07) is 2.27. The van der Waals surface area contributed by atoms with Crippen LogP contribution in [-0.2, 0) is 10.0 Å². The van der Waals surface area contributed by atoms with Gasteiger partial charge >= 0.3 is 5.97 Å². The number of carboxylic acid groups (broad SMARTS) is 1. The Kier molecular flexibility index (Phi) is 4.59. The summed E-state index contributed by atoms with van der Waals surface area (Å²) in [4.78, 5) is 10.7. The molecule has 1 fully saturated rings. The Morgan fingerprint density at radius 1 is 1.35 bits per heavy atom. The Bertz CT molecular complexity index is 641. The highest BCUT2D eigenvalue weighted by Gasteiger charge is 2.26. The lowest BCUT2D eigenvalue weighted by Crippen LogP contribution is -2.32. The molecule has 1 aromatic carbocycles. The first-order chi connectivity index (χ1) is 9.31. The van der Waals surface area contributed by atoms with Crippen LogP contribution in [0.3, 0.4) is 0 Å². The average molecular weight is 338 g/mol. The molecule has 1 aliphatic rings. The number of rotatable bonds is 5. The van der Waals surface area contributed by atoms with E-state index in [4.69, 9.17) is 28.3 Å². The second-order valence-corrected chi connectivity index (χ2v) is 7.27. The Balaban J connectivity index is 2.32. The van der Waals surface area contributed by atoms with E-state index in [1.165, 1.54) is 0 Å². The number of carboxylic acids is 1. The molecule has 0 bridgehead atoms. The molecular formula is C12H13Cl2NO4S. The van der Waals surface area contributed by atoms with Gasteiger partial charge in [0.15, 0.2) is 0 Å². The van der Waals surface area contributed by atoms with Crippen LogP contribution in [0.15, 0.2) is 17.0 Å². The average Bonchev–Trinajstić information content (AvgIpc) is 2.29. The van der Waals surface area contributed by atoms with Gasteiger partial charge in [-0.25, -0.2) is 17.9 Å². The summed E-state index contributed by atoms with van der Waals surface area (Å²) in [5.74, 6) is -0.991. The molecule has 110 valence electrons. The van der Waals surface area contributed by atoms with E-state index in [1.807, 2.05) is 0 Å². The highest BCUT2D eigenvalue weighted by Crippen LogP contribution is 2.30. The minimum Gasteiger partial charge on any atom is -0.478 e. The highest BCUT2D eigenvalue weighted by atomic mass is 35.5. The van der Waals surface area contributed by atoms with Gasteiger partial charge in [-0.15, -0.1) is 0 Å². The number of sulfonamides is 1. The van der Waals surface area contributed by atoms with Crippen molar-refractivity contribution in [3.63, 3.8) is 0 Å². The first kappa shape index (κ1) is 15.6. The van der Waals surface area contributed by atoms with E-state index in [9.17, 15) is 13.2 Å². The third-order valence-electron chi connectivity index (χ3n) is 3.31. The van der Waals surface area contributed by atoms with Gasteiger partial charge in [-0.3, -0.25) is 0 Å². The predicted molar refractivity (Wildman–Crippen MR) is 76.0 cm³/mol. The number of hydrogen-bond donors (Lipinski definition) is 2. The summed E-state index contributed by atoms with van der Waals surface area (Å²) in [7, 11) is -3.87. The lowest BCUT2D eigenvalue weighted by Gasteiger charge is -2.25. The Hall–Kier alpha value is -0.820. The maximum atomic E-state index is 12.2. The molecule has 2 N–H and O–H groups in total. The minimum atomic E-state index is -3.87. The minimum absolute atomic E-state index is 0.0100. The van der Waals surface area contributed by atoms with Gasteiger partial charge in [0.1, 0.15) is 4.90 Å². The van der Waals surface area contributed by atoms with Crippen molar-refractivity contribution >= 4 is 39.2 Å². The van der Waals surface area contributed by atoms with Crippen molar-refractivity contribution < 1.29 is 18.3 Å². The molecule has 0 aliphatic heterocycles. The van der Waals surface area contributed by atoms with Crippen molar-refractivity contribution in [2.75, 3.05) is 6.54 Å². The van der Waals surface area contributed by atoms with E-state index >= 15 is 0 Å². The smallest absolute Gasteiger partial charge is 0.337 e. The van der Waals surface area contributed by atoms with Crippen molar-refractivity contribution in [2.45, 2.75) is 24.2 Å². The van der Waals surface area contributed by atoms with E-state index in [0.717, 1.165) is 31.4 Å². The predicted octanol–water partition coefficient (Wildman–Crippen LogP) is 2.77. The van der Waals surface area contributed by atoms with Crippen LogP contribution in [0.2, 0.25) is 10.0 Å². The SMILES string of the molecule is O=C(O)c1cc(Cl)cc(S(=O)(=O)NCC2CCC2)c1Cl. The van der Waals surface area contributed by atoms with Crippen LogP contribution >= 0.6 is 23.2 Å². The number of carbonyl (C=O) groups is 1. The van der Waals surface area contributed by atoms with E-state index in [1.54, 1.807) is 0 Å². The molecule has 0 unspecified atom stereocenters. The van der Waals surface area contributed by atoms with Crippen LogP contribution in [0.5, 0.6) is 0 Å². The monoisotopic (exact) mass is 337 g/mol. The van der Waals surface area contributed by atoms with Gasteiger partial charge in [-0.1, -0.05) is 29.6 Å². The first-order valence-electron chi connectivity index (χ1n) is 6.03. The van der Waals surface area contributed by atoms with Gasteiger partial charge in [-0.05, 0) is 30.9 Å². The van der Waals surface area contributed by atoms with Crippen LogP contribution in [0.4, 0.5) is 0 Å². The summed E-state index contributed by atoms with van der Waals surface area (Å²) in [6.07, 6.45) is 3.09. The molecule has 8 heteroatoms. The summed E-state index contributed by atoms with van der Waals surface area (Å²) < 4.78 is 26.8. The molecule has 1 aliphatic carbocycles. The fraction of sp³-hybridized carbons (Fsp3) is 0.417.